The molecule has 1 rings (SSSR count). The lowest BCUT2D eigenvalue weighted by Gasteiger charge is -2.25. The van der Waals surface area contributed by atoms with E-state index in [-0.39, 0.29) is 5.56 Å². The molecule has 6 nitrogen and oxygen atoms in total. The first kappa shape index (κ1) is 17.4. The van der Waals surface area contributed by atoms with Crippen LogP contribution in [0, 0.1) is 0 Å². The second kappa shape index (κ2) is 6.43. The molecule has 0 aliphatic heterocycles. The molecule has 0 aliphatic carbocycles. The van der Waals surface area contributed by atoms with E-state index in [1.807, 2.05) is 0 Å². The number of aryl methyl sites for hydroxylation is 1. The van der Waals surface area contributed by atoms with Crippen molar-refractivity contribution < 1.29 is 19.4 Å². The lowest BCUT2D eigenvalue weighted by molar-refractivity contribution is 0.0587. The summed E-state index contributed by atoms with van der Waals surface area (Å²) in [7, 11) is 1.53. The molecule has 1 heterocycles. The van der Waals surface area contributed by atoms with Crippen LogP contribution in [0.1, 0.15) is 43.7 Å². The van der Waals surface area contributed by atoms with Gasteiger partial charge in [-0.25, -0.2) is 14.6 Å². The van der Waals surface area contributed by atoms with E-state index < -0.39 is 17.7 Å². The number of carbonyl (C=O) groups is 2. The quantitative estimate of drug-likeness (QED) is 0.894. The van der Waals surface area contributed by atoms with Crippen LogP contribution in [-0.4, -0.2) is 34.8 Å². The van der Waals surface area contributed by atoms with Crippen LogP contribution in [0.15, 0.2) is 10.5 Å². The van der Waals surface area contributed by atoms with Gasteiger partial charge in [-0.05, 0) is 49.2 Å². The van der Waals surface area contributed by atoms with Gasteiger partial charge in [0.2, 0.25) is 0 Å². The first-order valence-electron chi connectivity index (χ1n) is 6.46. The molecule has 21 heavy (non-hydrogen) atoms. The van der Waals surface area contributed by atoms with Crippen molar-refractivity contribution in [3.8, 4) is 0 Å². The second-order valence-corrected chi connectivity index (χ2v) is 6.34. The van der Waals surface area contributed by atoms with Crippen LogP contribution in [0.3, 0.4) is 0 Å². The molecule has 0 aliphatic rings. The van der Waals surface area contributed by atoms with Crippen molar-refractivity contribution in [1.29, 1.82) is 0 Å². The largest absolute Gasteiger partial charge is 0.478 e. The zero-order valence-corrected chi connectivity index (χ0v) is 14.3. The average Bonchev–Trinajstić information content (AvgIpc) is 2.35. The van der Waals surface area contributed by atoms with Gasteiger partial charge in [-0.1, -0.05) is 6.92 Å². The molecular formula is C14H19BrN2O4. The van der Waals surface area contributed by atoms with E-state index in [0.717, 1.165) is 0 Å². The number of anilines is 1. The van der Waals surface area contributed by atoms with Gasteiger partial charge in [-0.3, -0.25) is 4.90 Å². The van der Waals surface area contributed by atoms with Gasteiger partial charge >= 0.3 is 12.1 Å². The minimum absolute atomic E-state index is 0.116. The fraction of sp³-hybridized carbons (Fsp3) is 0.500. The van der Waals surface area contributed by atoms with Crippen molar-refractivity contribution in [3.05, 3.63) is 21.8 Å². The molecule has 1 N–H and O–H groups in total. The highest BCUT2D eigenvalue weighted by Gasteiger charge is 2.24. The standard InChI is InChI=1S/C14H19BrN2O4/c1-6-10-8(12(18)19)7-9(15)11(16-10)17(5)13(20)21-14(2,3)4/h7H,6H2,1-5H3,(H,18,19). The molecular weight excluding hydrogens is 340 g/mol. The summed E-state index contributed by atoms with van der Waals surface area (Å²) in [6.45, 7) is 7.12. The highest BCUT2D eigenvalue weighted by molar-refractivity contribution is 9.10. The fourth-order valence-corrected chi connectivity index (χ4v) is 2.21. The zero-order valence-electron chi connectivity index (χ0n) is 12.7. The number of halogens is 1. The van der Waals surface area contributed by atoms with Gasteiger partial charge in [0.25, 0.3) is 0 Å². The molecule has 116 valence electrons. The molecule has 1 aromatic heterocycles. The van der Waals surface area contributed by atoms with Crippen molar-refractivity contribution in [3.63, 3.8) is 0 Å². The molecule has 0 radical (unpaired) electrons. The maximum absolute atomic E-state index is 12.1. The van der Waals surface area contributed by atoms with Crippen molar-refractivity contribution in [1.82, 2.24) is 4.98 Å². The minimum atomic E-state index is -1.05. The molecule has 0 unspecified atom stereocenters. The van der Waals surface area contributed by atoms with E-state index in [4.69, 9.17) is 9.84 Å². The van der Waals surface area contributed by atoms with Gasteiger partial charge < -0.3 is 9.84 Å². The molecule has 0 bridgehead atoms. The number of hydrogen-bond acceptors (Lipinski definition) is 4. The Kier molecular flexibility index (Phi) is 5.33. The number of amides is 1. The molecule has 0 fully saturated rings. The van der Waals surface area contributed by atoms with E-state index in [0.29, 0.717) is 22.4 Å². The number of aromatic carboxylic acids is 1. The summed E-state index contributed by atoms with van der Waals surface area (Å²) >= 11 is 3.25. The van der Waals surface area contributed by atoms with E-state index in [9.17, 15) is 9.59 Å². The average molecular weight is 359 g/mol. The van der Waals surface area contributed by atoms with Crippen molar-refractivity contribution in [2.75, 3.05) is 11.9 Å². The van der Waals surface area contributed by atoms with E-state index in [1.54, 1.807) is 27.7 Å². The highest BCUT2D eigenvalue weighted by atomic mass is 79.9. The maximum atomic E-state index is 12.1. The highest BCUT2D eigenvalue weighted by Crippen LogP contribution is 2.27. The van der Waals surface area contributed by atoms with Gasteiger partial charge in [-0.2, -0.15) is 0 Å². The summed E-state index contributed by atoms with van der Waals surface area (Å²) < 4.78 is 5.69. The maximum Gasteiger partial charge on any atom is 0.415 e. The molecule has 0 atom stereocenters. The number of ether oxygens (including phenoxy) is 1. The summed E-state index contributed by atoms with van der Waals surface area (Å²) in [5.41, 5.74) is -0.0892. The van der Waals surface area contributed by atoms with E-state index in [2.05, 4.69) is 20.9 Å². The third-order valence-corrected chi connectivity index (χ3v) is 3.17. The van der Waals surface area contributed by atoms with Crippen molar-refractivity contribution in [2.45, 2.75) is 39.7 Å². The summed E-state index contributed by atoms with van der Waals surface area (Å²) in [5, 5.41) is 9.15. The Morgan fingerprint density at radius 3 is 2.43 bits per heavy atom. The van der Waals surface area contributed by atoms with Gasteiger partial charge in [0, 0.05) is 7.05 Å². The first-order valence-corrected chi connectivity index (χ1v) is 7.25. The van der Waals surface area contributed by atoms with Crippen LogP contribution in [0.5, 0.6) is 0 Å². The number of aromatic nitrogens is 1. The number of carboxylic acids is 1. The van der Waals surface area contributed by atoms with Crippen molar-refractivity contribution >= 4 is 33.8 Å². The molecule has 7 heteroatoms. The van der Waals surface area contributed by atoms with Gasteiger partial charge in [-0.15, -0.1) is 0 Å². The van der Waals surface area contributed by atoms with Crippen LogP contribution >= 0.6 is 15.9 Å². The predicted octanol–water partition coefficient (Wildman–Crippen LogP) is 3.48. The van der Waals surface area contributed by atoms with Crippen LogP contribution in [0.25, 0.3) is 0 Å². The SMILES string of the molecule is CCc1nc(N(C)C(=O)OC(C)(C)C)c(Br)cc1C(=O)O. The molecule has 1 amide bonds. The molecule has 0 saturated heterocycles. The summed E-state index contributed by atoms with van der Waals surface area (Å²) in [5.74, 6) is -0.724. The van der Waals surface area contributed by atoms with Crippen molar-refractivity contribution in [2.24, 2.45) is 0 Å². The smallest absolute Gasteiger partial charge is 0.415 e. The first-order chi connectivity index (χ1) is 9.56. The number of carboxylic acid groups (broad SMARTS) is 1. The van der Waals surface area contributed by atoms with Crippen LogP contribution in [-0.2, 0) is 11.2 Å². The zero-order chi connectivity index (χ0) is 16.4. The number of nitrogens with zero attached hydrogens (tertiary/aromatic N) is 2. The van der Waals surface area contributed by atoms with Crippen LogP contribution in [0.2, 0.25) is 0 Å². The normalized spacial score (nSPS) is 11.1. The van der Waals surface area contributed by atoms with Gasteiger partial charge in [0.1, 0.15) is 5.60 Å². The molecule has 0 spiro atoms. The van der Waals surface area contributed by atoms with Crippen LogP contribution in [0.4, 0.5) is 10.6 Å². The summed E-state index contributed by atoms with van der Waals surface area (Å²) in [4.78, 5) is 28.7. The predicted molar refractivity (Wildman–Crippen MR) is 82.9 cm³/mol. The Morgan fingerprint density at radius 1 is 1.43 bits per heavy atom. The number of pyridine rings is 1. The van der Waals surface area contributed by atoms with Crippen LogP contribution < -0.4 is 4.90 Å². The van der Waals surface area contributed by atoms with Gasteiger partial charge in [0.15, 0.2) is 5.82 Å². The molecule has 0 saturated carbocycles. The van der Waals surface area contributed by atoms with E-state index in [1.165, 1.54) is 18.0 Å². The Morgan fingerprint density at radius 2 is 2.00 bits per heavy atom. The minimum Gasteiger partial charge on any atom is -0.478 e. The Labute approximate surface area is 132 Å². The second-order valence-electron chi connectivity index (χ2n) is 5.49. The lowest BCUT2D eigenvalue weighted by Crippen LogP contribution is -2.35. The number of hydrogen-bond donors (Lipinski definition) is 1. The Bertz CT molecular complexity index is 567. The van der Waals surface area contributed by atoms with Gasteiger partial charge in [0.05, 0.1) is 15.7 Å². The summed E-state index contributed by atoms with van der Waals surface area (Å²) in [6.07, 6.45) is -0.106. The summed E-state index contributed by atoms with van der Waals surface area (Å²) in [6, 6.07) is 1.45. The number of carbonyl (C=O) groups excluding carboxylic acids is 1. The number of rotatable bonds is 3. The Hall–Kier alpha value is -1.63. The van der Waals surface area contributed by atoms with E-state index >= 15 is 0 Å². The molecule has 1 aromatic rings. The lowest BCUT2D eigenvalue weighted by atomic mass is 10.1. The monoisotopic (exact) mass is 358 g/mol. The topological polar surface area (TPSA) is 79.7 Å². The third kappa shape index (κ3) is 4.42. The Balaban J connectivity index is 3.19. The third-order valence-electron chi connectivity index (χ3n) is 2.59. The molecule has 0 aromatic carbocycles. The fourth-order valence-electron chi connectivity index (χ4n) is 1.62.